The molecule has 0 nitrogen and oxygen atoms in total. The second kappa shape index (κ2) is 17.4. The number of benzene rings is 3. The molecule has 0 bridgehead atoms. The Morgan fingerprint density at radius 3 is 0.966 bits per heavy atom. The third-order valence-electron chi connectivity index (χ3n) is 4.08. The topological polar surface area (TPSA) is 0 Å². The molecule has 0 fully saturated rings. The zero-order chi connectivity index (χ0) is 22.1. The van der Waals surface area contributed by atoms with Gasteiger partial charge in [0.25, 0.3) is 0 Å². The summed E-state index contributed by atoms with van der Waals surface area (Å²) >= 11 is 0. The Balaban J connectivity index is 0.00000120. The van der Waals surface area contributed by atoms with E-state index in [9.17, 15) is 0 Å². The second-order valence-corrected chi connectivity index (χ2v) is 7.01. The molecular weight excluding hydrogens is 386 g/mol. The molecule has 2 atom stereocenters. The lowest BCUT2D eigenvalue weighted by Gasteiger charge is -2.06. The highest BCUT2D eigenvalue weighted by Crippen LogP contribution is 2.15. The van der Waals surface area contributed by atoms with Gasteiger partial charge in [-0.05, 0) is 52.1 Å². The van der Waals surface area contributed by atoms with Crippen molar-refractivity contribution in [2.75, 3.05) is 0 Å². The van der Waals surface area contributed by atoms with Gasteiger partial charge < -0.3 is 0 Å². The van der Waals surface area contributed by atoms with Gasteiger partial charge in [0.05, 0.1) is 0 Å². The Bertz CT molecular complexity index is 742. The van der Waals surface area contributed by atoms with E-state index in [1.807, 2.05) is 41.5 Å². The smallest absolute Gasteiger partial charge is 0.00258 e. The van der Waals surface area contributed by atoms with Gasteiger partial charge in [-0.3, -0.25) is 0 Å². The molecule has 0 N–H and O–H groups in total. The van der Waals surface area contributed by atoms with E-state index in [1.54, 1.807) is 0 Å². The van der Waals surface area contributed by atoms with E-state index in [2.05, 4.69) is 91.3 Å². The molecule has 2 heteroatoms. The molecule has 0 aliphatic heterocycles. The van der Waals surface area contributed by atoms with E-state index in [1.165, 1.54) is 33.1 Å². The van der Waals surface area contributed by atoms with Gasteiger partial charge in [0, 0.05) is 0 Å². The molecule has 0 saturated carbocycles. The van der Waals surface area contributed by atoms with Gasteiger partial charge in [-0.25, -0.2) is 0 Å². The minimum atomic E-state index is 0.994. The maximum absolute atomic E-state index is 2.77. The highest BCUT2D eigenvalue weighted by atomic mass is 31.0. The summed E-state index contributed by atoms with van der Waals surface area (Å²) in [4.78, 5) is 0. The Morgan fingerprint density at radius 1 is 0.448 bits per heavy atom. The van der Waals surface area contributed by atoms with Crippen molar-refractivity contribution in [1.82, 2.24) is 0 Å². The molecule has 3 aromatic carbocycles. The molecule has 0 spiro atoms. The molecule has 29 heavy (non-hydrogen) atoms. The Hall–Kier alpha value is -1.48. The first kappa shape index (κ1) is 27.5. The summed E-state index contributed by atoms with van der Waals surface area (Å²) in [6, 6.07) is 26.6. The Labute approximate surface area is 185 Å². The van der Waals surface area contributed by atoms with Crippen LogP contribution in [0.25, 0.3) is 0 Å². The summed E-state index contributed by atoms with van der Waals surface area (Å²) < 4.78 is 0. The number of hydrogen-bond donors (Lipinski definition) is 0. The molecule has 3 aromatic rings. The lowest BCUT2D eigenvalue weighted by Crippen LogP contribution is -1.94. The Morgan fingerprint density at radius 2 is 0.690 bits per heavy atom. The first-order chi connectivity index (χ1) is 14.2. The lowest BCUT2D eigenvalue weighted by atomic mass is 10.00. The van der Waals surface area contributed by atoms with Crippen molar-refractivity contribution in [3.63, 3.8) is 0 Å². The molecule has 0 saturated heterocycles. The van der Waals surface area contributed by atoms with E-state index in [4.69, 9.17) is 0 Å². The summed E-state index contributed by atoms with van der Waals surface area (Å²) in [6.07, 6.45) is 3.01. The molecule has 0 aliphatic rings. The van der Waals surface area contributed by atoms with Crippen LogP contribution in [-0.2, 0) is 19.0 Å². The van der Waals surface area contributed by atoms with E-state index >= 15 is 0 Å². The molecule has 158 valence electrons. The van der Waals surface area contributed by atoms with Crippen molar-refractivity contribution in [3.8, 4) is 0 Å². The minimum Gasteiger partial charge on any atom is -0.133 e. The van der Waals surface area contributed by atoms with Crippen molar-refractivity contribution in [2.24, 2.45) is 0 Å². The van der Waals surface area contributed by atoms with Crippen molar-refractivity contribution >= 4 is 23.8 Å². The first-order valence-corrected chi connectivity index (χ1v) is 12.3. The fourth-order valence-electron chi connectivity index (χ4n) is 2.68. The van der Waals surface area contributed by atoms with Crippen LogP contribution in [-0.4, -0.2) is 0 Å². The van der Waals surface area contributed by atoms with Gasteiger partial charge in [0.15, 0.2) is 0 Å². The summed E-state index contributed by atoms with van der Waals surface area (Å²) in [6.45, 7) is 12.0. The lowest BCUT2D eigenvalue weighted by molar-refractivity contribution is 1.15. The fraction of sp³-hybridized carbons (Fsp3) is 0.333. The van der Waals surface area contributed by atoms with Gasteiger partial charge in [-0.15, -0.1) is 18.5 Å². The van der Waals surface area contributed by atoms with Crippen LogP contribution in [0.4, 0.5) is 0 Å². The van der Waals surface area contributed by atoms with Gasteiger partial charge in [-0.1, -0.05) is 114 Å². The van der Waals surface area contributed by atoms with Crippen molar-refractivity contribution in [2.45, 2.75) is 60.5 Å². The molecule has 0 aliphatic carbocycles. The average molecular weight is 427 g/mol. The monoisotopic (exact) mass is 426 g/mol. The zero-order valence-electron chi connectivity index (χ0n) is 19.2. The maximum Gasteiger partial charge on any atom is -0.00258 e. The van der Waals surface area contributed by atoms with Gasteiger partial charge in [0.1, 0.15) is 0 Å². The van der Waals surface area contributed by atoms with Crippen LogP contribution in [0.3, 0.4) is 0 Å². The molecule has 0 heterocycles. The van der Waals surface area contributed by atoms with Gasteiger partial charge in [-0.2, -0.15) is 0 Å². The predicted octanol–water partition coefficient (Wildman–Crippen LogP) is 7.82. The van der Waals surface area contributed by atoms with E-state index in [0.717, 1.165) is 19.0 Å². The summed E-state index contributed by atoms with van der Waals surface area (Å²) in [5.41, 5.74) is 6.83. The third kappa shape index (κ3) is 10.7. The normalized spacial score (nSPS) is 9.10. The molecule has 0 radical (unpaired) electrons. The second-order valence-electron chi connectivity index (χ2n) is 5.93. The van der Waals surface area contributed by atoms with Crippen molar-refractivity contribution in [3.05, 3.63) is 101 Å². The van der Waals surface area contributed by atoms with Crippen LogP contribution < -0.4 is 5.30 Å². The average Bonchev–Trinajstić information content (AvgIpc) is 2.81. The fourth-order valence-corrected chi connectivity index (χ4v) is 3.14. The quantitative estimate of drug-likeness (QED) is 0.365. The predicted molar refractivity (Wildman–Crippen MR) is 142 cm³/mol. The third-order valence-corrected chi connectivity index (χ3v) is 4.93. The van der Waals surface area contributed by atoms with Crippen LogP contribution in [0.5, 0.6) is 0 Å². The number of hydrogen-bond acceptors (Lipinski definition) is 0. The zero-order valence-corrected chi connectivity index (χ0v) is 21.5. The van der Waals surface area contributed by atoms with E-state index in [0.29, 0.717) is 0 Å². The SMILES string of the molecule is CC.CC.CC.PCc1ccc(Cc2ccc(Cc3ccc(P)cc3)cc2)cc1. The van der Waals surface area contributed by atoms with Crippen molar-refractivity contribution in [1.29, 1.82) is 0 Å². The van der Waals surface area contributed by atoms with Crippen LogP contribution in [0, 0.1) is 0 Å². The Kier molecular flexibility index (Phi) is 16.5. The van der Waals surface area contributed by atoms with Crippen LogP contribution in [0.2, 0.25) is 0 Å². The van der Waals surface area contributed by atoms with E-state index < -0.39 is 0 Å². The molecular formula is C27H40P2. The van der Waals surface area contributed by atoms with Crippen LogP contribution in [0.1, 0.15) is 69.4 Å². The van der Waals surface area contributed by atoms with Crippen molar-refractivity contribution < 1.29 is 0 Å². The standard InChI is InChI=1S/C21H22P2.3C2H6/c22-15-20-7-5-18(6-8-20)13-16-1-3-17(4-2-16)14-19-9-11-21(23)12-10-19;3*1-2/h1-12H,13-15,22-23H2;3*1-2H3. The van der Waals surface area contributed by atoms with Crippen LogP contribution >= 0.6 is 18.5 Å². The first-order valence-electron chi connectivity index (χ1n) is 10.9. The minimum absolute atomic E-state index is 0.994. The van der Waals surface area contributed by atoms with Gasteiger partial charge >= 0.3 is 0 Å². The summed E-state index contributed by atoms with van der Waals surface area (Å²) in [5, 5.41) is 1.23. The summed E-state index contributed by atoms with van der Waals surface area (Å²) in [7, 11) is 5.50. The molecule has 2 unspecified atom stereocenters. The molecule has 0 amide bonds. The summed E-state index contributed by atoms with van der Waals surface area (Å²) in [5.74, 6) is 0. The molecule has 0 aromatic heterocycles. The largest absolute Gasteiger partial charge is 0.133 e. The van der Waals surface area contributed by atoms with E-state index in [-0.39, 0.29) is 0 Å². The highest BCUT2D eigenvalue weighted by molar-refractivity contribution is 7.27. The number of rotatable bonds is 5. The molecule has 3 rings (SSSR count). The highest BCUT2D eigenvalue weighted by Gasteiger charge is 2.00. The van der Waals surface area contributed by atoms with Crippen LogP contribution in [0.15, 0.2) is 72.8 Å². The van der Waals surface area contributed by atoms with Gasteiger partial charge in [0.2, 0.25) is 0 Å². The maximum atomic E-state index is 2.77.